The van der Waals surface area contributed by atoms with E-state index in [2.05, 4.69) is 0 Å². The smallest absolute Gasteiger partial charge is 0.0822 e. The minimum atomic E-state index is -0.872. The van der Waals surface area contributed by atoms with E-state index in [1.54, 1.807) is 26.8 Å². The lowest BCUT2D eigenvalue weighted by Gasteiger charge is -2.19. The van der Waals surface area contributed by atoms with Gasteiger partial charge in [-0.3, -0.25) is 0 Å². The van der Waals surface area contributed by atoms with Gasteiger partial charge in [-0.15, -0.1) is 0 Å². The Balaban J connectivity index is 4.14. The second-order valence-corrected chi connectivity index (χ2v) is 2.53. The average molecular weight is 130 g/mol. The lowest BCUT2D eigenvalue weighted by atomic mass is 9.99. The molecule has 9 heavy (non-hydrogen) atoms. The van der Waals surface area contributed by atoms with Gasteiger partial charge in [-0.1, -0.05) is 6.08 Å². The quantitative estimate of drug-likeness (QED) is 0.540. The number of aliphatic hydroxyl groups excluding tert-OH is 1. The minimum absolute atomic E-state index is 0.0694. The molecule has 0 saturated heterocycles. The number of hydrogen-bond donors (Lipinski definition) is 2. The molecule has 0 amide bonds. The van der Waals surface area contributed by atoms with Crippen LogP contribution in [0.15, 0.2) is 11.6 Å². The first-order valence-corrected chi connectivity index (χ1v) is 3.01. The normalized spacial score (nSPS) is 14.1. The number of rotatable bonds is 2. The highest BCUT2D eigenvalue weighted by Gasteiger charge is 2.16. The topological polar surface area (TPSA) is 40.5 Å². The van der Waals surface area contributed by atoms with Crippen LogP contribution in [0.25, 0.3) is 0 Å². The third-order valence-corrected chi connectivity index (χ3v) is 1.30. The van der Waals surface area contributed by atoms with E-state index >= 15 is 0 Å². The molecule has 2 N–H and O–H groups in total. The SMILES string of the molecule is C/C=C(\CO)C(C)(C)O. The Morgan fingerprint density at radius 3 is 2.00 bits per heavy atom. The number of hydrogen-bond acceptors (Lipinski definition) is 2. The summed E-state index contributed by atoms with van der Waals surface area (Å²) in [6.45, 7) is 5.03. The Bertz CT molecular complexity index is 109. The molecule has 0 atom stereocenters. The van der Waals surface area contributed by atoms with Crippen molar-refractivity contribution in [2.75, 3.05) is 6.61 Å². The lowest BCUT2D eigenvalue weighted by Crippen LogP contribution is -2.23. The van der Waals surface area contributed by atoms with Crippen LogP contribution in [0.2, 0.25) is 0 Å². The summed E-state index contributed by atoms with van der Waals surface area (Å²) in [6.07, 6.45) is 1.72. The number of allylic oxidation sites excluding steroid dienone is 1. The molecule has 0 spiro atoms. The van der Waals surface area contributed by atoms with E-state index in [0.29, 0.717) is 5.57 Å². The van der Waals surface area contributed by atoms with Crippen LogP contribution in [0, 0.1) is 0 Å². The van der Waals surface area contributed by atoms with Gasteiger partial charge in [-0.2, -0.15) is 0 Å². The Morgan fingerprint density at radius 1 is 1.56 bits per heavy atom. The van der Waals surface area contributed by atoms with Crippen molar-refractivity contribution in [1.82, 2.24) is 0 Å². The summed E-state index contributed by atoms with van der Waals surface area (Å²) < 4.78 is 0. The standard InChI is InChI=1S/C7H14O2/c1-4-6(5-8)7(2,3)9/h4,8-9H,5H2,1-3H3/b6-4+. The fraction of sp³-hybridized carbons (Fsp3) is 0.714. The molecule has 0 bridgehead atoms. The maximum atomic E-state index is 9.25. The molecule has 2 nitrogen and oxygen atoms in total. The van der Waals surface area contributed by atoms with E-state index in [9.17, 15) is 5.11 Å². The molecule has 2 heteroatoms. The lowest BCUT2D eigenvalue weighted by molar-refractivity contribution is 0.104. The summed E-state index contributed by atoms with van der Waals surface area (Å²) in [4.78, 5) is 0. The Labute approximate surface area is 55.8 Å². The van der Waals surface area contributed by atoms with Crippen molar-refractivity contribution in [3.05, 3.63) is 11.6 Å². The summed E-state index contributed by atoms with van der Waals surface area (Å²) in [7, 11) is 0. The first kappa shape index (κ1) is 8.66. The van der Waals surface area contributed by atoms with E-state index in [-0.39, 0.29) is 6.61 Å². The first-order chi connectivity index (χ1) is 4.02. The summed E-state index contributed by atoms with van der Waals surface area (Å²) in [6, 6.07) is 0. The van der Waals surface area contributed by atoms with Crippen LogP contribution in [0.4, 0.5) is 0 Å². The van der Waals surface area contributed by atoms with E-state index in [1.807, 2.05) is 0 Å². The third-order valence-electron chi connectivity index (χ3n) is 1.30. The molecule has 0 aliphatic heterocycles. The molecule has 0 radical (unpaired) electrons. The Morgan fingerprint density at radius 2 is 2.00 bits per heavy atom. The van der Waals surface area contributed by atoms with Crippen molar-refractivity contribution in [3.8, 4) is 0 Å². The van der Waals surface area contributed by atoms with Crippen molar-refractivity contribution in [2.24, 2.45) is 0 Å². The van der Waals surface area contributed by atoms with Gasteiger partial charge in [0, 0.05) is 0 Å². The van der Waals surface area contributed by atoms with E-state index in [1.165, 1.54) is 0 Å². The monoisotopic (exact) mass is 130 g/mol. The van der Waals surface area contributed by atoms with Crippen LogP contribution in [0.3, 0.4) is 0 Å². The summed E-state index contributed by atoms with van der Waals surface area (Å²) in [5.41, 5.74) is -0.216. The Hall–Kier alpha value is -0.340. The van der Waals surface area contributed by atoms with Gasteiger partial charge in [0.2, 0.25) is 0 Å². The molecule has 0 rings (SSSR count). The van der Waals surface area contributed by atoms with Gasteiger partial charge >= 0.3 is 0 Å². The van der Waals surface area contributed by atoms with Crippen molar-refractivity contribution >= 4 is 0 Å². The molecule has 0 aromatic carbocycles. The molecule has 0 aliphatic rings. The molecule has 0 aliphatic carbocycles. The molecule has 0 unspecified atom stereocenters. The van der Waals surface area contributed by atoms with Gasteiger partial charge in [0.15, 0.2) is 0 Å². The largest absolute Gasteiger partial charge is 0.392 e. The van der Waals surface area contributed by atoms with Crippen molar-refractivity contribution in [1.29, 1.82) is 0 Å². The summed E-state index contributed by atoms with van der Waals surface area (Å²) >= 11 is 0. The minimum Gasteiger partial charge on any atom is -0.392 e. The molecule has 0 aromatic heterocycles. The molecule has 0 aromatic rings. The van der Waals surface area contributed by atoms with Crippen molar-refractivity contribution in [3.63, 3.8) is 0 Å². The van der Waals surface area contributed by atoms with Crippen LogP contribution >= 0.6 is 0 Å². The first-order valence-electron chi connectivity index (χ1n) is 3.01. The fourth-order valence-electron chi connectivity index (χ4n) is 0.638. The van der Waals surface area contributed by atoms with Crippen LogP contribution in [0.1, 0.15) is 20.8 Å². The predicted octanol–water partition coefficient (Wildman–Crippen LogP) is 0.696. The van der Waals surface area contributed by atoms with E-state index in [0.717, 1.165) is 0 Å². The van der Waals surface area contributed by atoms with Crippen LogP contribution in [0.5, 0.6) is 0 Å². The molecule has 54 valence electrons. The van der Waals surface area contributed by atoms with E-state index in [4.69, 9.17) is 5.11 Å². The fourth-order valence-corrected chi connectivity index (χ4v) is 0.638. The van der Waals surface area contributed by atoms with E-state index < -0.39 is 5.60 Å². The van der Waals surface area contributed by atoms with Gasteiger partial charge in [0.1, 0.15) is 0 Å². The maximum absolute atomic E-state index is 9.25. The summed E-state index contributed by atoms with van der Waals surface area (Å²) in [5, 5.41) is 17.9. The van der Waals surface area contributed by atoms with Crippen LogP contribution < -0.4 is 0 Å². The average Bonchev–Trinajstić information content (AvgIpc) is 1.65. The Kier molecular flexibility index (Phi) is 2.88. The van der Waals surface area contributed by atoms with Gasteiger partial charge in [-0.25, -0.2) is 0 Å². The maximum Gasteiger partial charge on any atom is 0.0822 e. The highest BCUT2D eigenvalue weighted by atomic mass is 16.3. The highest BCUT2D eigenvalue weighted by molar-refractivity contribution is 5.12. The molecule has 0 fully saturated rings. The highest BCUT2D eigenvalue weighted by Crippen LogP contribution is 2.13. The second kappa shape index (κ2) is 2.99. The summed E-state index contributed by atoms with van der Waals surface area (Å²) in [5.74, 6) is 0. The van der Waals surface area contributed by atoms with Crippen molar-refractivity contribution in [2.45, 2.75) is 26.4 Å². The second-order valence-electron chi connectivity index (χ2n) is 2.53. The molecular formula is C7H14O2. The van der Waals surface area contributed by atoms with Gasteiger partial charge < -0.3 is 10.2 Å². The van der Waals surface area contributed by atoms with Gasteiger partial charge in [0.25, 0.3) is 0 Å². The van der Waals surface area contributed by atoms with Crippen LogP contribution in [-0.2, 0) is 0 Å². The van der Waals surface area contributed by atoms with Gasteiger partial charge in [-0.05, 0) is 26.3 Å². The predicted molar refractivity (Wildman–Crippen MR) is 37.1 cm³/mol. The zero-order valence-electron chi connectivity index (χ0n) is 6.18. The molecule has 0 heterocycles. The van der Waals surface area contributed by atoms with Crippen LogP contribution in [-0.4, -0.2) is 22.4 Å². The number of aliphatic hydroxyl groups is 2. The zero-order valence-corrected chi connectivity index (χ0v) is 6.18. The van der Waals surface area contributed by atoms with Crippen molar-refractivity contribution < 1.29 is 10.2 Å². The molecular weight excluding hydrogens is 116 g/mol. The molecule has 0 saturated carbocycles. The zero-order chi connectivity index (χ0) is 7.49. The third kappa shape index (κ3) is 2.63. The van der Waals surface area contributed by atoms with Gasteiger partial charge in [0.05, 0.1) is 12.2 Å².